The molecule has 9 nitrogen and oxygen atoms in total. The molecule has 6 rings (SSSR count). The number of halogens is 1. The molecule has 0 spiro atoms. The minimum atomic E-state index is -1.07. The first-order valence-electron chi connectivity index (χ1n) is 12.8. The number of anilines is 2. The highest BCUT2D eigenvalue weighted by molar-refractivity contribution is 7.21. The number of aliphatic hydroxyl groups excluding tert-OH is 3. The van der Waals surface area contributed by atoms with Crippen LogP contribution in [0.25, 0.3) is 20.8 Å². The lowest BCUT2D eigenvalue weighted by atomic mass is 10.0. The molecule has 1 aromatic carbocycles. The highest BCUT2D eigenvalue weighted by Crippen LogP contribution is 2.44. The van der Waals surface area contributed by atoms with E-state index in [0.29, 0.717) is 35.5 Å². The molecule has 3 aromatic heterocycles. The van der Waals surface area contributed by atoms with E-state index in [1.807, 2.05) is 25.3 Å². The highest BCUT2D eigenvalue weighted by Gasteiger charge is 2.42. The number of aryl methyl sites for hydroxylation is 1. The summed E-state index contributed by atoms with van der Waals surface area (Å²) in [7, 11) is 0. The van der Waals surface area contributed by atoms with Gasteiger partial charge in [0.25, 0.3) is 0 Å². The summed E-state index contributed by atoms with van der Waals surface area (Å²) in [4.78, 5) is 18.9. The zero-order valence-corrected chi connectivity index (χ0v) is 21.6. The second-order valence-electron chi connectivity index (χ2n) is 10.1. The Labute approximate surface area is 222 Å². The molecule has 0 radical (unpaired) electrons. The first-order chi connectivity index (χ1) is 18.4. The van der Waals surface area contributed by atoms with Crippen molar-refractivity contribution >= 4 is 33.3 Å². The smallest absolute Gasteiger partial charge is 0.225 e. The van der Waals surface area contributed by atoms with Gasteiger partial charge in [-0.3, -0.25) is 4.98 Å². The number of benzene rings is 1. The standard InChI is InChI=1S/C27H29FN6O3S/c1-13-20(26-33-23-19(38-26)7-8-29-21(23)15-5-6-15)25(32-22-16(12-35)10-18(36)24(22)37)34-27(31-13)30-11-14-3-2-4-17(28)9-14/h2-4,7-9,15-16,18,22,24,35-37H,5-6,10-12H2,1H3,(H2,30,31,32,34)/t16-,18+,22+,24+/m0/s1. The van der Waals surface area contributed by atoms with E-state index in [2.05, 4.69) is 20.6 Å². The molecule has 4 atom stereocenters. The van der Waals surface area contributed by atoms with Gasteiger partial charge < -0.3 is 26.0 Å². The molecule has 2 aliphatic rings. The van der Waals surface area contributed by atoms with Crippen LogP contribution in [0.15, 0.2) is 36.5 Å². The summed E-state index contributed by atoms with van der Waals surface area (Å²) in [5.74, 6) is 0.536. The minimum absolute atomic E-state index is 0.187. The largest absolute Gasteiger partial charge is 0.396 e. The van der Waals surface area contributed by atoms with Crippen molar-refractivity contribution in [2.24, 2.45) is 5.92 Å². The lowest BCUT2D eigenvalue weighted by molar-refractivity contribution is 0.0390. The molecule has 0 saturated heterocycles. The number of hydrogen-bond acceptors (Lipinski definition) is 10. The third kappa shape index (κ3) is 4.82. The number of aliphatic hydroxyl groups is 3. The molecule has 4 aromatic rings. The van der Waals surface area contributed by atoms with Crippen LogP contribution in [-0.4, -0.2) is 60.1 Å². The molecule has 0 bridgehead atoms. The summed E-state index contributed by atoms with van der Waals surface area (Å²) in [6, 6.07) is 7.64. The molecule has 2 saturated carbocycles. The van der Waals surface area contributed by atoms with Crippen LogP contribution in [0.4, 0.5) is 16.2 Å². The van der Waals surface area contributed by atoms with Crippen molar-refractivity contribution in [2.75, 3.05) is 17.2 Å². The number of nitrogens with zero attached hydrogens (tertiary/aromatic N) is 4. The molecule has 198 valence electrons. The average molecular weight is 537 g/mol. The maximum Gasteiger partial charge on any atom is 0.225 e. The van der Waals surface area contributed by atoms with Crippen LogP contribution >= 0.6 is 11.3 Å². The van der Waals surface area contributed by atoms with Crippen molar-refractivity contribution in [1.29, 1.82) is 0 Å². The van der Waals surface area contributed by atoms with Crippen molar-refractivity contribution < 1.29 is 19.7 Å². The van der Waals surface area contributed by atoms with E-state index in [1.165, 1.54) is 23.5 Å². The van der Waals surface area contributed by atoms with Crippen molar-refractivity contribution in [3.63, 3.8) is 0 Å². The van der Waals surface area contributed by atoms with E-state index in [0.717, 1.165) is 39.3 Å². The van der Waals surface area contributed by atoms with Crippen molar-refractivity contribution in [1.82, 2.24) is 19.9 Å². The second kappa shape index (κ2) is 10.1. The van der Waals surface area contributed by atoms with Gasteiger partial charge in [-0.05, 0) is 49.9 Å². The molecule has 0 unspecified atom stereocenters. The van der Waals surface area contributed by atoms with Crippen LogP contribution in [0, 0.1) is 18.7 Å². The third-order valence-corrected chi connectivity index (χ3v) is 8.33. The molecule has 3 heterocycles. The van der Waals surface area contributed by atoms with Gasteiger partial charge >= 0.3 is 0 Å². The van der Waals surface area contributed by atoms with Crippen LogP contribution in [0.5, 0.6) is 0 Å². The lowest BCUT2D eigenvalue weighted by Gasteiger charge is -2.24. The summed E-state index contributed by atoms with van der Waals surface area (Å²) < 4.78 is 14.7. The fourth-order valence-electron chi connectivity index (χ4n) is 5.14. The number of aromatic nitrogens is 4. The van der Waals surface area contributed by atoms with E-state index in [9.17, 15) is 19.7 Å². The van der Waals surface area contributed by atoms with Gasteiger partial charge in [-0.1, -0.05) is 12.1 Å². The Morgan fingerprint density at radius 1 is 1.13 bits per heavy atom. The number of thiazole rings is 1. The third-order valence-electron chi connectivity index (χ3n) is 7.30. The topological polar surface area (TPSA) is 136 Å². The molecule has 2 aliphatic carbocycles. The van der Waals surface area contributed by atoms with Crippen molar-refractivity contribution in [2.45, 2.75) is 56.9 Å². The first-order valence-corrected chi connectivity index (χ1v) is 13.6. The molecule has 0 aliphatic heterocycles. The molecular weight excluding hydrogens is 507 g/mol. The normalized spacial score (nSPS) is 23.2. The Hall–Kier alpha value is -3.25. The molecule has 11 heteroatoms. The highest BCUT2D eigenvalue weighted by atomic mass is 32.1. The quantitative estimate of drug-likeness (QED) is 0.229. The summed E-state index contributed by atoms with van der Waals surface area (Å²) in [5.41, 5.74) is 4.00. The van der Waals surface area contributed by atoms with Gasteiger partial charge in [0.05, 0.1) is 33.8 Å². The molecule has 38 heavy (non-hydrogen) atoms. The van der Waals surface area contributed by atoms with Gasteiger partial charge in [0.2, 0.25) is 5.95 Å². The maximum absolute atomic E-state index is 13.7. The van der Waals surface area contributed by atoms with Crippen molar-refractivity contribution in [3.05, 3.63) is 59.3 Å². The van der Waals surface area contributed by atoms with E-state index < -0.39 is 18.2 Å². The van der Waals surface area contributed by atoms with E-state index in [4.69, 9.17) is 9.97 Å². The number of hydrogen-bond donors (Lipinski definition) is 5. The number of rotatable bonds is 8. The van der Waals surface area contributed by atoms with Gasteiger partial charge in [0.1, 0.15) is 28.3 Å². The van der Waals surface area contributed by atoms with Gasteiger partial charge in [0, 0.05) is 31.2 Å². The van der Waals surface area contributed by atoms with Gasteiger partial charge in [-0.15, -0.1) is 11.3 Å². The first kappa shape index (κ1) is 25.1. The fraction of sp³-hybridized carbons (Fsp3) is 0.407. The van der Waals surface area contributed by atoms with Gasteiger partial charge in [-0.25, -0.2) is 14.4 Å². The summed E-state index contributed by atoms with van der Waals surface area (Å²) in [6.07, 6.45) is 2.31. The Balaban J connectivity index is 1.40. The van der Waals surface area contributed by atoms with Crippen LogP contribution in [0.3, 0.4) is 0 Å². The Morgan fingerprint density at radius 2 is 1.97 bits per heavy atom. The number of fused-ring (bicyclic) bond motifs is 1. The Morgan fingerprint density at radius 3 is 2.74 bits per heavy atom. The van der Waals surface area contributed by atoms with Crippen LogP contribution in [0.2, 0.25) is 0 Å². The van der Waals surface area contributed by atoms with E-state index >= 15 is 0 Å². The van der Waals surface area contributed by atoms with Crippen LogP contribution < -0.4 is 10.6 Å². The maximum atomic E-state index is 13.7. The van der Waals surface area contributed by atoms with Crippen LogP contribution in [-0.2, 0) is 6.54 Å². The molecule has 2 fully saturated rings. The van der Waals surface area contributed by atoms with Crippen molar-refractivity contribution in [3.8, 4) is 10.6 Å². The van der Waals surface area contributed by atoms with E-state index in [1.54, 1.807) is 6.07 Å². The SMILES string of the molecule is Cc1nc(NCc2cccc(F)c2)nc(N[C@@H]2[C@H](CO)C[C@@H](O)[C@H]2O)c1-c1nc2c(C3CC3)nccc2s1. The summed E-state index contributed by atoms with van der Waals surface area (Å²) >= 11 is 1.53. The molecule has 0 amide bonds. The second-order valence-corrected chi connectivity index (χ2v) is 11.1. The van der Waals surface area contributed by atoms with Gasteiger partial charge in [0.15, 0.2) is 0 Å². The van der Waals surface area contributed by atoms with E-state index in [-0.39, 0.29) is 24.8 Å². The Bertz CT molecular complexity index is 1480. The lowest BCUT2D eigenvalue weighted by Crippen LogP contribution is -2.38. The predicted octanol–water partition coefficient (Wildman–Crippen LogP) is 3.60. The fourth-order valence-corrected chi connectivity index (χ4v) is 6.21. The summed E-state index contributed by atoms with van der Waals surface area (Å²) in [5, 5.41) is 38.0. The zero-order valence-electron chi connectivity index (χ0n) is 20.8. The zero-order chi connectivity index (χ0) is 26.4. The summed E-state index contributed by atoms with van der Waals surface area (Å²) in [6.45, 7) is 2.00. The monoisotopic (exact) mass is 536 g/mol. The minimum Gasteiger partial charge on any atom is -0.396 e. The van der Waals surface area contributed by atoms with Gasteiger partial charge in [-0.2, -0.15) is 4.98 Å². The predicted molar refractivity (Wildman–Crippen MR) is 143 cm³/mol. The number of nitrogens with one attached hydrogen (secondary N) is 2. The molecule has 5 N–H and O–H groups in total. The van der Waals surface area contributed by atoms with Crippen LogP contribution in [0.1, 0.15) is 42.1 Å². The number of pyridine rings is 1. The average Bonchev–Trinajstić information content (AvgIpc) is 3.60. The molecular formula is C27H29FN6O3S. The Kier molecular flexibility index (Phi) is 6.68.